The van der Waals surface area contributed by atoms with Gasteiger partial charge in [-0.1, -0.05) is 13.2 Å². The first-order chi connectivity index (χ1) is 7.31. The summed E-state index contributed by atoms with van der Waals surface area (Å²) in [6, 6.07) is 0. The SMILES string of the molecule is C=C(NC(=O)C(=C)N(C)CC)C(=O)N(C)C. The Labute approximate surface area is 96.4 Å². The summed E-state index contributed by atoms with van der Waals surface area (Å²) in [5.74, 6) is -0.746. The van der Waals surface area contributed by atoms with Gasteiger partial charge in [-0.2, -0.15) is 0 Å². The average molecular weight is 225 g/mol. The molecule has 0 aromatic heterocycles. The molecule has 0 unspecified atom stereocenters. The van der Waals surface area contributed by atoms with Gasteiger partial charge in [0.05, 0.1) is 11.4 Å². The quantitative estimate of drug-likeness (QED) is 0.679. The third-order valence-electron chi connectivity index (χ3n) is 2.13. The van der Waals surface area contributed by atoms with E-state index >= 15 is 0 Å². The molecule has 0 fully saturated rings. The molecular formula is C11H19N3O2. The van der Waals surface area contributed by atoms with Crippen LogP contribution in [0.15, 0.2) is 24.6 Å². The molecule has 0 atom stereocenters. The van der Waals surface area contributed by atoms with E-state index in [0.717, 1.165) is 0 Å². The molecule has 0 saturated carbocycles. The molecule has 1 N–H and O–H groups in total. The van der Waals surface area contributed by atoms with Crippen LogP contribution in [0.1, 0.15) is 6.92 Å². The van der Waals surface area contributed by atoms with Crippen LogP contribution in [0.2, 0.25) is 0 Å². The Morgan fingerprint density at radius 1 is 1.19 bits per heavy atom. The highest BCUT2D eigenvalue weighted by atomic mass is 16.2. The maximum Gasteiger partial charge on any atom is 0.271 e. The molecule has 0 bridgehead atoms. The Kier molecular flexibility index (Phi) is 5.29. The highest BCUT2D eigenvalue weighted by Crippen LogP contribution is 1.99. The van der Waals surface area contributed by atoms with Crippen molar-refractivity contribution in [3.8, 4) is 0 Å². The van der Waals surface area contributed by atoms with Crippen LogP contribution in [0, 0.1) is 0 Å². The van der Waals surface area contributed by atoms with Crippen LogP contribution in [-0.4, -0.2) is 49.3 Å². The second-order valence-electron chi connectivity index (χ2n) is 3.59. The maximum atomic E-state index is 11.6. The minimum atomic E-state index is -0.412. The fourth-order valence-corrected chi connectivity index (χ4v) is 0.897. The minimum Gasteiger partial charge on any atom is -0.371 e. The third-order valence-corrected chi connectivity index (χ3v) is 2.13. The number of likely N-dealkylation sites (N-methyl/N-ethyl adjacent to an activating group) is 2. The summed E-state index contributed by atoms with van der Waals surface area (Å²) < 4.78 is 0. The van der Waals surface area contributed by atoms with Gasteiger partial charge in [-0.3, -0.25) is 9.59 Å². The van der Waals surface area contributed by atoms with Crippen LogP contribution in [0.25, 0.3) is 0 Å². The third kappa shape index (κ3) is 3.76. The van der Waals surface area contributed by atoms with E-state index in [9.17, 15) is 9.59 Å². The lowest BCUT2D eigenvalue weighted by Gasteiger charge is -2.19. The fourth-order valence-electron chi connectivity index (χ4n) is 0.897. The molecule has 0 aromatic carbocycles. The van der Waals surface area contributed by atoms with Crippen molar-refractivity contribution < 1.29 is 9.59 Å². The van der Waals surface area contributed by atoms with Crippen LogP contribution in [0.5, 0.6) is 0 Å². The van der Waals surface area contributed by atoms with Crippen molar-refractivity contribution in [3.63, 3.8) is 0 Å². The van der Waals surface area contributed by atoms with E-state index in [1.807, 2.05) is 6.92 Å². The molecule has 0 heterocycles. The molecule has 0 aromatic rings. The van der Waals surface area contributed by atoms with Gasteiger partial charge >= 0.3 is 0 Å². The van der Waals surface area contributed by atoms with Gasteiger partial charge in [0, 0.05) is 27.7 Å². The number of hydrogen-bond acceptors (Lipinski definition) is 3. The summed E-state index contributed by atoms with van der Waals surface area (Å²) in [6.45, 7) is 9.70. The zero-order chi connectivity index (χ0) is 12.9. The molecule has 5 nitrogen and oxygen atoms in total. The molecular weight excluding hydrogens is 206 g/mol. The smallest absolute Gasteiger partial charge is 0.271 e. The van der Waals surface area contributed by atoms with Crippen molar-refractivity contribution in [1.82, 2.24) is 15.1 Å². The number of nitrogens with one attached hydrogen (secondary N) is 1. The fraction of sp³-hybridized carbons (Fsp3) is 0.455. The lowest BCUT2D eigenvalue weighted by atomic mass is 10.3. The molecule has 16 heavy (non-hydrogen) atoms. The number of carbonyl (C=O) groups is 2. The Hall–Kier alpha value is -1.78. The number of amides is 2. The molecule has 0 spiro atoms. The van der Waals surface area contributed by atoms with Crippen molar-refractivity contribution in [2.75, 3.05) is 27.7 Å². The van der Waals surface area contributed by atoms with Crippen molar-refractivity contribution in [1.29, 1.82) is 0 Å². The van der Waals surface area contributed by atoms with Gasteiger partial charge in [-0.15, -0.1) is 0 Å². The molecule has 5 heteroatoms. The molecule has 0 radical (unpaired) electrons. The number of carbonyl (C=O) groups excluding carboxylic acids is 2. The number of rotatable bonds is 5. The number of nitrogens with zero attached hydrogens (tertiary/aromatic N) is 2. The van der Waals surface area contributed by atoms with Crippen molar-refractivity contribution in [2.24, 2.45) is 0 Å². The van der Waals surface area contributed by atoms with Crippen molar-refractivity contribution in [2.45, 2.75) is 6.92 Å². The van der Waals surface area contributed by atoms with E-state index in [4.69, 9.17) is 0 Å². The zero-order valence-electron chi connectivity index (χ0n) is 10.3. The Morgan fingerprint density at radius 2 is 1.69 bits per heavy atom. The van der Waals surface area contributed by atoms with Gasteiger partial charge in [0.2, 0.25) is 0 Å². The van der Waals surface area contributed by atoms with Gasteiger partial charge in [0.25, 0.3) is 11.8 Å². The van der Waals surface area contributed by atoms with E-state index in [2.05, 4.69) is 18.5 Å². The molecule has 0 rings (SSSR count). The Morgan fingerprint density at radius 3 is 2.06 bits per heavy atom. The van der Waals surface area contributed by atoms with E-state index in [0.29, 0.717) is 12.2 Å². The van der Waals surface area contributed by atoms with E-state index < -0.39 is 5.91 Å². The van der Waals surface area contributed by atoms with Crippen molar-refractivity contribution in [3.05, 3.63) is 24.6 Å². The predicted molar refractivity (Wildman–Crippen MR) is 63.4 cm³/mol. The average Bonchev–Trinajstić information content (AvgIpc) is 2.25. The molecule has 90 valence electrons. The summed E-state index contributed by atoms with van der Waals surface area (Å²) in [4.78, 5) is 26.0. The van der Waals surface area contributed by atoms with Gasteiger partial charge in [-0.05, 0) is 6.92 Å². The summed E-state index contributed by atoms with van der Waals surface area (Å²) in [5.41, 5.74) is 0.343. The van der Waals surface area contributed by atoms with E-state index in [1.165, 1.54) is 4.90 Å². The summed E-state index contributed by atoms with van der Waals surface area (Å²) in [5, 5.41) is 2.41. The monoisotopic (exact) mass is 225 g/mol. The highest BCUT2D eigenvalue weighted by molar-refractivity contribution is 6.01. The summed E-state index contributed by atoms with van der Waals surface area (Å²) in [6.07, 6.45) is 0. The van der Waals surface area contributed by atoms with Crippen LogP contribution in [0.3, 0.4) is 0 Å². The van der Waals surface area contributed by atoms with Crippen LogP contribution >= 0.6 is 0 Å². The number of hydrogen-bond donors (Lipinski definition) is 1. The summed E-state index contributed by atoms with van der Waals surface area (Å²) >= 11 is 0. The van der Waals surface area contributed by atoms with Crippen LogP contribution in [0.4, 0.5) is 0 Å². The first kappa shape index (κ1) is 14.2. The van der Waals surface area contributed by atoms with Gasteiger partial charge < -0.3 is 15.1 Å². The molecule has 2 amide bonds. The lowest BCUT2D eigenvalue weighted by Crippen LogP contribution is -2.37. The van der Waals surface area contributed by atoms with Gasteiger partial charge in [0.15, 0.2) is 0 Å². The normalized spacial score (nSPS) is 9.25. The van der Waals surface area contributed by atoms with Gasteiger partial charge in [0.1, 0.15) is 0 Å². The summed E-state index contributed by atoms with van der Waals surface area (Å²) in [7, 11) is 4.93. The Balaban J connectivity index is 4.42. The largest absolute Gasteiger partial charge is 0.371 e. The predicted octanol–water partition coefficient (Wildman–Crippen LogP) is 0.170. The van der Waals surface area contributed by atoms with Crippen LogP contribution in [-0.2, 0) is 9.59 Å². The van der Waals surface area contributed by atoms with Crippen molar-refractivity contribution >= 4 is 11.8 Å². The molecule has 0 aliphatic carbocycles. The molecule has 0 aliphatic rings. The molecule has 0 saturated heterocycles. The maximum absolute atomic E-state index is 11.6. The first-order valence-electron chi connectivity index (χ1n) is 4.93. The van der Waals surface area contributed by atoms with E-state index in [-0.39, 0.29) is 11.6 Å². The molecule has 0 aliphatic heterocycles. The van der Waals surface area contributed by atoms with Crippen LogP contribution < -0.4 is 5.32 Å². The zero-order valence-corrected chi connectivity index (χ0v) is 10.3. The lowest BCUT2D eigenvalue weighted by molar-refractivity contribution is -0.127. The van der Waals surface area contributed by atoms with Gasteiger partial charge in [-0.25, -0.2) is 0 Å². The van der Waals surface area contributed by atoms with E-state index in [1.54, 1.807) is 26.0 Å². The second kappa shape index (κ2) is 5.95. The second-order valence-corrected chi connectivity index (χ2v) is 3.59. The minimum absolute atomic E-state index is 0.0423. The Bertz CT molecular complexity index is 321. The highest BCUT2D eigenvalue weighted by Gasteiger charge is 2.15. The first-order valence-corrected chi connectivity index (χ1v) is 4.93. The topological polar surface area (TPSA) is 52.7 Å². The standard InChI is InChI=1S/C11H19N3O2/c1-7-14(6)9(3)10(15)12-8(2)11(16)13(4)5/h2-3,7H2,1,4-6H3,(H,12,15).